The third kappa shape index (κ3) is 2.14. The first kappa shape index (κ1) is 13.7. The van der Waals surface area contributed by atoms with Crippen molar-refractivity contribution < 1.29 is 9.47 Å². The molecule has 1 N–H and O–H groups in total. The van der Waals surface area contributed by atoms with E-state index in [1.54, 1.807) is 0 Å². The fraction of sp³-hybridized carbons (Fsp3) is 0.688. The summed E-state index contributed by atoms with van der Waals surface area (Å²) in [5, 5.41) is 16.6. The molecule has 0 bridgehead atoms. The summed E-state index contributed by atoms with van der Waals surface area (Å²) in [7, 11) is 0. The Hall–Kier alpha value is -1.73. The Morgan fingerprint density at radius 1 is 1.00 bits per heavy atom. The summed E-state index contributed by atoms with van der Waals surface area (Å²) in [6, 6.07) is 0. The van der Waals surface area contributed by atoms with Crippen LogP contribution in [0.15, 0.2) is 0 Å². The summed E-state index contributed by atoms with van der Waals surface area (Å²) < 4.78 is 14.0. The predicted octanol–water partition coefficient (Wildman–Crippen LogP) is 1.63. The number of H-pyrrole nitrogens is 1. The number of aromatic amines is 1. The summed E-state index contributed by atoms with van der Waals surface area (Å²) in [5.74, 6) is 1.50. The summed E-state index contributed by atoms with van der Waals surface area (Å²) >= 11 is 0. The molecule has 0 radical (unpaired) electrons. The first-order valence-electron chi connectivity index (χ1n) is 8.61. The SMILES string of the molecule is C1CCc2c(-c3nnc4n3CCC3(CC4)OCCO3)n[nH]c2C1. The van der Waals surface area contributed by atoms with Gasteiger partial charge < -0.3 is 14.0 Å². The van der Waals surface area contributed by atoms with E-state index in [4.69, 9.17) is 9.47 Å². The molecule has 2 aliphatic heterocycles. The van der Waals surface area contributed by atoms with Crippen LogP contribution in [-0.4, -0.2) is 44.0 Å². The van der Waals surface area contributed by atoms with Crippen LogP contribution >= 0.6 is 0 Å². The van der Waals surface area contributed by atoms with Crippen molar-refractivity contribution in [2.45, 2.75) is 57.3 Å². The number of rotatable bonds is 1. The minimum atomic E-state index is -0.414. The van der Waals surface area contributed by atoms with E-state index >= 15 is 0 Å². The highest BCUT2D eigenvalue weighted by Crippen LogP contribution is 2.35. The fourth-order valence-corrected chi connectivity index (χ4v) is 4.09. The van der Waals surface area contributed by atoms with E-state index < -0.39 is 5.79 Å². The van der Waals surface area contributed by atoms with E-state index in [1.165, 1.54) is 24.1 Å². The third-order valence-electron chi connectivity index (χ3n) is 5.35. The Bertz CT molecular complexity index is 729. The number of nitrogens with zero attached hydrogens (tertiary/aromatic N) is 4. The first-order chi connectivity index (χ1) is 11.3. The van der Waals surface area contributed by atoms with Gasteiger partial charge in [-0.05, 0) is 25.7 Å². The molecule has 7 heteroatoms. The number of hydrogen-bond donors (Lipinski definition) is 1. The Labute approximate surface area is 134 Å². The predicted molar refractivity (Wildman–Crippen MR) is 81.8 cm³/mol. The molecule has 0 aromatic carbocycles. The molecule has 0 unspecified atom stereocenters. The van der Waals surface area contributed by atoms with Crippen LogP contribution in [0.5, 0.6) is 0 Å². The van der Waals surface area contributed by atoms with E-state index in [0.717, 1.165) is 56.0 Å². The van der Waals surface area contributed by atoms with E-state index in [-0.39, 0.29) is 0 Å². The summed E-state index contributed by atoms with van der Waals surface area (Å²) in [5.41, 5.74) is 3.59. The van der Waals surface area contributed by atoms with Crippen LogP contribution in [0.2, 0.25) is 0 Å². The van der Waals surface area contributed by atoms with Crippen molar-refractivity contribution in [3.05, 3.63) is 17.1 Å². The molecule has 0 amide bonds. The molecule has 2 aromatic heterocycles. The van der Waals surface area contributed by atoms with E-state index in [9.17, 15) is 0 Å². The zero-order valence-electron chi connectivity index (χ0n) is 13.2. The zero-order chi connectivity index (χ0) is 15.3. The highest BCUT2D eigenvalue weighted by molar-refractivity contribution is 5.57. The van der Waals surface area contributed by atoms with Gasteiger partial charge in [-0.15, -0.1) is 10.2 Å². The van der Waals surface area contributed by atoms with Gasteiger partial charge in [0.25, 0.3) is 0 Å². The lowest BCUT2D eigenvalue weighted by Crippen LogP contribution is -2.30. The number of fused-ring (bicyclic) bond motifs is 2. The van der Waals surface area contributed by atoms with Gasteiger partial charge in [0.1, 0.15) is 11.5 Å². The van der Waals surface area contributed by atoms with Gasteiger partial charge in [0.05, 0.1) is 13.2 Å². The molecule has 4 heterocycles. The highest BCUT2D eigenvalue weighted by Gasteiger charge is 2.39. The zero-order valence-corrected chi connectivity index (χ0v) is 13.2. The molecule has 122 valence electrons. The fourth-order valence-electron chi connectivity index (χ4n) is 4.09. The van der Waals surface area contributed by atoms with Crippen LogP contribution in [0.25, 0.3) is 11.5 Å². The topological polar surface area (TPSA) is 77.8 Å². The Kier molecular flexibility index (Phi) is 3.06. The molecule has 1 saturated heterocycles. The highest BCUT2D eigenvalue weighted by atomic mass is 16.7. The van der Waals surface area contributed by atoms with E-state index in [1.807, 2.05) is 0 Å². The first-order valence-corrected chi connectivity index (χ1v) is 8.61. The van der Waals surface area contributed by atoms with Crippen LogP contribution < -0.4 is 0 Å². The summed E-state index contributed by atoms with van der Waals surface area (Å²) in [6.07, 6.45) is 7.17. The second kappa shape index (κ2) is 5.14. The summed E-state index contributed by atoms with van der Waals surface area (Å²) in [4.78, 5) is 0. The van der Waals surface area contributed by atoms with Crippen molar-refractivity contribution in [3.63, 3.8) is 0 Å². The van der Waals surface area contributed by atoms with Crippen molar-refractivity contribution >= 4 is 0 Å². The van der Waals surface area contributed by atoms with Gasteiger partial charge in [-0.3, -0.25) is 5.10 Å². The average molecular weight is 315 g/mol. The molecule has 3 aliphatic rings. The molecule has 5 rings (SSSR count). The Morgan fingerprint density at radius 2 is 1.87 bits per heavy atom. The van der Waals surface area contributed by atoms with Gasteiger partial charge in [0.2, 0.25) is 0 Å². The minimum absolute atomic E-state index is 0.414. The maximum atomic E-state index is 5.88. The monoisotopic (exact) mass is 315 g/mol. The van der Waals surface area contributed by atoms with Crippen molar-refractivity contribution in [2.24, 2.45) is 0 Å². The van der Waals surface area contributed by atoms with Crippen molar-refractivity contribution in [1.82, 2.24) is 25.0 Å². The molecule has 1 aliphatic carbocycles. The van der Waals surface area contributed by atoms with Gasteiger partial charge in [-0.25, -0.2) is 0 Å². The second-order valence-corrected chi connectivity index (χ2v) is 6.69. The quantitative estimate of drug-likeness (QED) is 0.865. The molecule has 23 heavy (non-hydrogen) atoms. The van der Waals surface area contributed by atoms with Crippen LogP contribution in [0.3, 0.4) is 0 Å². The maximum absolute atomic E-state index is 5.88. The molecule has 0 saturated carbocycles. The number of ether oxygens (including phenoxy) is 2. The standard InChI is InChI=1S/C16H21N5O2/c1-2-4-12-11(3-1)14(19-17-12)15-20-18-13-5-6-16(7-8-21(13)15)22-9-10-23-16/h1-10H2,(H,17,19). The van der Waals surface area contributed by atoms with Crippen LogP contribution in [0.4, 0.5) is 0 Å². The Balaban J connectivity index is 1.51. The molecule has 2 aromatic rings. The van der Waals surface area contributed by atoms with Gasteiger partial charge in [0, 0.05) is 37.1 Å². The number of aromatic nitrogens is 5. The second-order valence-electron chi connectivity index (χ2n) is 6.69. The largest absolute Gasteiger partial charge is 0.347 e. The van der Waals surface area contributed by atoms with Gasteiger partial charge in [-0.1, -0.05) is 0 Å². The molecule has 1 fully saturated rings. The lowest BCUT2D eigenvalue weighted by atomic mass is 9.96. The number of aryl methyl sites for hydroxylation is 2. The molecule has 7 nitrogen and oxygen atoms in total. The smallest absolute Gasteiger partial charge is 0.184 e. The van der Waals surface area contributed by atoms with Crippen LogP contribution in [0, 0.1) is 0 Å². The Morgan fingerprint density at radius 3 is 2.78 bits per heavy atom. The summed E-state index contributed by atoms with van der Waals surface area (Å²) in [6.45, 7) is 2.21. The molecule has 0 atom stereocenters. The van der Waals surface area contributed by atoms with E-state index in [2.05, 4.69) is 25.0 Å². The van der Waals surface area contributed by atoms with Gasteiger partial charge in [-0.2, -0.15) is 5.10 Å². The number of nitrogens with one attached hydrogen (secondary N) is 1. The van der Waals surface area contributed by atoms with Gasteiger partial charge >= 0.3 is 0 Å². The molecular weight excluding hydrogens is 294 g/mol. The van der Waals surface area contributed by atoms with Crippen LogP contribution in [-0.2, 0) is 35.3 Å². The van der Waals surface area contributed by atoms with Crippen molar-refractivity contribution in [1.29, 1.82) is 0 Å². The average Bonchev–Trinajstić information content (AvgIpc) is 3.26. The number of hydrogen-bond acceptors (Lipinski definition) is 5. The van der Waals surface area contributed by atoms with Gasteiger partial charge in [0.15, 0.2) is 11.6 Å². The normalized spacial score (nSPS) is 22.8. The third-order valence-corrected chi connectivity index (χ3v) is 5.35. The van der Waals surface area contributed by atoms with Crippen LogP contribution in [0.1, 0.15) is 42.8 Å². The van der Waals surface area contributed by atoms with Crippen molar-refractivity contribution in [2.75, 3.05) is 13.2 Å². The maximum Gasteiger partial charge on any atom is 0.184 e. The van der Waals surface area contributed by atoms with Crippen molar-refractivity contribution in [3.8, 4) is 11.5 Å². The molecular formula is C16H21N5O2. The minimum Gasteiger partial charge on any atom is -0.347 e. The lowest BCUT2D eigenvalue weighted by Gasteiger charge is -2.25. The van der Waals surface area contributed by atoms with E-state index in [0.29, 0.717) is 13.2 Å². The lowest BCUT2D eigenvalue weighted by molar-refractivity contribution is -0.165. The molecule has 1 spiro atoms.